The molecule has 1 aliphatic heterocycles. The summed E-state index contributed by atoms with van der Waals surface area (Å²) in [5.74, 6) is 0.0201. The number of methoxy groups -OCH3 is 1. The topological polar surface area (TPSA) is 70.7 Å². The second kappa shape index (κ2) is 8.99. The Kier molecular flexibility index (Phi) is 6.42. The van der Waals surface area contributed by atoms with Crippen molar-refractivity contribution in [2.45, 2.75) is 33.2 Å². The molecule has 29 heavy (non-hydrogen) atoms. The highest BCUT2D eigenvalue weighted by molar-refractivity contribution is 6.09. The maximum atomic E-state index is 12.7. The van der Waals surface area contributed by atoms with Gasteiger partial charge in [-0.2, -0.15) is 0 Å². The number of nitrogens with one attached hydrogen (secondary N) is 2. The van der Waals surface area contributed by atoms with Gasteiger partial charge >= 0.3 is 0 Å². The van der Waals surface area contributed by atoms with Crippen LogP contribution in [0, 0.1) is 5.41 Å². The van der Waals surface area contributed by atoms with Gasteiger partial charge in [-0.1, -0.05) is 18.2 Å². The number of rotatable bonds is 7. The highest BCUT2D eigenvalue weighted by Crippen LogP contribution is 2.24. The minimum absolute atomic E-state index is 0.296. The molecule has 0 saturated carbocycles. The Hall–Kier alpha value is -3.02. The summed E-state index contributed by atoms with van der Waals surface area (Å²) in [5, 5.41) is 5.70. The first-order valence-electron chi connectivity index (χ1n) is 9.98. The molecule has 0 bridgehead atoms. The Balaban J connectivity index is 1.59. The Morgan fingerprint density at radius 2 is 1.66 bits per heavy atom. The number of ether oxygens (including phenoxy) is 1. The van der Waals surface area contributed by atoms with E-state index in [1.807, 2.05) is 48.5 Å². The molecule has 0 radical (unpaired) electrons. The molecule has 6 heteroatoms. The minimum atomic E-state index is -1.21. The molecular formula is C23H29N3O3. The van der Waals surface area contributed by atoms with Gasteiger partial charge in [-0.3, -0.25) is 9.59 Å². The zero-order valence-corrected chi connectivity index (χ0v) is 17.3. The van der Waals surface area contributed by atoms with Gasteiger partial charge in [-0.15, -0.1) is 0 Å². The number of para-hydroxylation sites is 1. The van der Waals surface area contributed by atoms with Crippen molar-refractivity contribution in [3.05, 3.63) is 54.1 Å². The van der Waals surface area contributed by atoms with Crippen LogP contribution < -0.4 is 20.3 Å². The van der Waals surface area contributed by atoms with E-state index in [4.69, 9.17) is 4.74 Å². The van der Waals surface area contributed by atoms with E-state index in [2.05, 4.69) is 15.5 Å². The van der Waals surface area contributed by atoms with Gasteiger partial charge in [-0.05, 0) is 57.0 Å². The number of amides is 2. The van der Waals surface area contributed by atoms with E-state index in [0.29, 0.717) is 18.0 Å². The molecule has 0 unspecified atom stereocenters. The Bertz CT molecular complexity index is 856. The molecule has 2 N–H and O–H groups in total. The quantitative estimate of drug-likeness (QED) is 0.703. The van der Waals surface area contributed by atoms with Crippen molar-refractivity contribution in [3.8, 4) is 5.75 Å². The average molecular weight is 396 g/mol. The molecule has 1 fully saturated rings. The third kappa shape index (κ3) is 4.88. The van der Waals surface area contributed by atoms with Gasteiger partial charge in [0, 0.05) is 36.6 Å². The fourth-order valence-corrected chi connectivity index (χ4v) is 3.37. The maximum absolute atomic E-state index is 12.7. The van der Waals surface area contributed by atoms with Crippen molar-refractivity contribution in [1.29, 1.82) is 0 Å². The van der Waals surface area contributed by atoms with E-state index in [0.717, 1.165) is 24.3 Å². The van der Waals surface area contributed by atoms with E-state index >= 15 is 0 Å². The Morgan fingerprint density at radius 1 is 1.00 bits per heavy atom. The number of carbonyl (C=O) groups excluding carboxylic acids is 2. The molecule has 2 aromatic carbocycles. The zero-order valence-electron chi connectivity index (χ0n) is 17.3. The second-order valence-corrected chi connectivity index (χ2v) is 7.81. The molecule has 1 heterocycles. The molecule has 0 atom stereocenters. The number of benzene rings is 2. The van der Waals surface area contributed by atoms with Gasteiger partial charge in [-0.25, -0.2) is 0 Å². The summed E-state index contributed by atoms with van der Waals surface area (Å²) in [5.41, 5.74) is 1.49. The van der Waals surface area contributed by atoms with Gasteiger partial charge in [0.1, 0.15) is 11.2 Å². The zero-order chi connectivity index (χ0) is 20.9. The molecule has 6 nitrogen and oxygen atoms in total. The van der Waals surface area contributed by atoms with Crippen LogP contribution in [0.15, 0.2) is 48.5 Å². The van der Waals surface area contributed by atoms with E-state index < -0.39 is 5.41 Å². The van der Waals surface area contributed by atoms with Crippen LogP contribution in [-0.2, 0) is 16.1 Å². The van der Waals surface area contributed by atoms with Gasteiger partial charge in [0.2, 0.25) is 11.8 Å². The lowest BCUT2D eigenvalue weighted by atomic mass is 9.90. The Labute approximate surface area is 172 Å². The molecule has 1 aliphatic rings. The third-order valence-electron chi connectivity index (χ3n) is 5.36. The van der Waals surface area contributed by atoms with Crippen LogP contribution in [0.25, 0.3) is 0 Å². The molecule has 3 rings (SSSR count). The summed E-state index contributed by atoms with van der Waals surface area (Å²) in [4.78, 5) is 27.8. The largest absolute Gasteiger partial charge is 0.496 e. The van der Waals surface area contributed by atoms with Crippen molar-refractivity contribution in [1.82, 2.24) is 5.32 Å². The highest BCUT2D eigenvalue weighted by atomic mass is 16.5. The van der Waals surface area contributed by atoms with Gasteiger partial charge in [0.25, 0.3) is 0 Å². The van der Waals surface area contributed by atoms with Crippen LogP contribution in [0.2, 0.25) is 0 Å². The summed E-state index contributed by atoms with van der Waals surface area (Å²) in [6.45, 7) is 5.69. The molecule has 2 aromatic rings. The minimum Gasteiger partial charge on any atom is -0.496 e. The standard InChI is InChI=1S/C23H29N3O3/c1-23(2,21(27)24-16-17-8-4-5-9-20(17)29-3)22(28)25-18-10-12-19(13-11-18)26-14-6-7-15-26/h4-5,8-13H,6-7,14-16H2,1-3H3,(H,24,27)(H,25,28). The van der Waals surface area contributed by atoms with Crippen molar-refractivity contribution in [3.63, 3.8) is 0 Å². The summed E-state index contributed by atoms with van der Waals surface area (Å²) < 4.78 is 5.30. The van der Waals surface area contributed by atoms with E-state index in [9.17, 15) is 9.59 Å². The van der Waals surface area contributed by atoms with Crippen LogP contribution in [0.3, 0.4) is 0 Å². The van der Waals surface area contributed by atoms with Gasteiger partial charge in [0.05, 0.1) is 7.11 Å². The van der Waals surface area contributed by atoms with Crippen molar-refractivity contribution < 1.29 is 14.3 Å². The number of anilines is 2. The first-order chi connectivity index (χ1) is 13.9. The lowest BCUT2D eigenvalue weighted by Gasteiger charge is -2.23. The maximum Gasteiger partial charge on any atom is 0.239 e. The monoisotopic (exact) mass is 395 g/mol. The molecule has 2 amide bonds. The van der Waals surface area contributed by atoms with Crippen LogP contribution in [0.1, 0.15) is 32.3 Å². The van der Waals surface area contributed by atoms with E-state index in [1.54, 1.807) is 21.0 Å². The summed E-state index contributed by atoms with van der Waals surface area (Å²) >= 11 is 0. The van der Waals surface area contributed by atoms with E-state index in [-0.39, 0.29) is 11.8 Å². The predicted octanol–water partition coefficient (Wildman–Crippen LogP) is 3.58. The summed E-state index contributed by atoms with van der Waals surface area (Å²) in [6.07, 6.45) is 2.44. The molecular weight excluding hydrogens is 366 g/mol. The van der Waals surface area contributed by atoms with Crippen molar-refractivity contribution in [2.24, 2.45) is 5.41 Å². The van der Waals surface area contributed by atoms with Crippen molar-refractivity contribution >= 4 is 23.2 Å². The lowest BCUT2D eigenvalue weighted by molar-refractivity contribution is -0.138. The SMILES string of the molecule is COc1ccccc1CNC(=O)C(C)(C)C(=O)Nc1ccc(N2CCCC2)cc1. The van der Waals surface area contributed by atoms with E-state index in [1.165, 1.54) is 12.8 Å². The van der Waals surface area contributed by atoms with Crippen LogP contribution in [0.5, 0.6) is 5.75 Å². The first kappa shape index (κ1) is 20.7. The average Bonchev–Trinajstić information content (AvgIpc) is 3.27. The normalized spacial score (nSPS) is 13.8. The fraction of sp³-hybridized carbons (Fsp3) is 0.391. The van der Waals surface area contributed by atoms with Crippen molar-refractivity contribution in [2.75, 3.05) is 30.4 Å². The first-order valence-corrected chi connectivity index (χ1v) is 9.98. The second-order valence-electron chi connectivity index (χ2n) is 7.81. The van der Waals surface area contributed by atoms with Crippen LogP contribution >= 0.6 is 0 Å². The molecule has 0 aliphatic carbocycles. The molecule has 0 aromatic heterocycles. The summed E-state index contributed by atoms with van der Waals surface area (Å²) in [7, 11) is 1.59. The molecule has 0 spiro atoms. The number of hydrogen-bond donors (Lipinski definition) is 2. The molecule has 1 saturated heterocycles. The highest BCUT2D eigenvalue weighted by Gasteiger charge is 2.36. The number of hydrogen-bond acceptors (Lipinski definition) is 4. The third-order valence-corrected chi connectivity index (χ3v) is 5.36. The lowest BCUT2D eigenvalue weighted by Crippen LogP contribution is -2.44. The predicted molar refractivity (Wildman–Crippen MR) is 115 cm³/mol. The van der Waals surface area contributed by atoms with Crippen LogP contribution in [0.4, 0.5) is 11.4 Å². The van der Waals surface area contributed by atoms with Gasteiger partial charge in [0.15, 0.2) is 0 Å². The fourth-order valence-electron chi connectivity index (χ4n) is 3.37. The van der Waals surface area contributed by atoms with Gasteiger partial charge < -0.3 is 20.3 Å². The summed E-state index contributed by atoms with van der Waals surface area (Å²) in [6, 6.07) is 15.3. The smallest absolute Gasteiger partial charge is 0.239 e. The number of nitrogens with zero attached hydrogens (tertiary/aromatic N) is 1. The Morgan fingerprint density at radius 3 is 2.31 bits per heavy atom. The number of carbonyl (C=O) groups is 2. The van der Waals surface area contributed by atoms with Crippen LogP contribution in [-0.4, -0.2) is 32.0 Å². The molecule has 154 valence electrons.